The first-order chi connectivity index (χ1) is 12.6. The van der Waals surface area contributed by atoms with Crippen LogP contribution >= 0.6 is 0 Å². The average molecular weight is 357 g/mol. The van der Waals surface area contributed by atoms with Crippen LogP contribution in [0.25, 0.3) is 11.0 Å². The molecule has 4 rings (SSSR count). The Bertz CT molecular complexity index is 802. The third-order valence-electron chi connectivity index (χ3n) is 5.48. The summed E-state index contributed by atoms with van der Waals surface area (Å²) in [6, 6.07) is 7.54. The van der Waals surface area contributed by atoms with Crippen molar-refractivity contribution in [3.63, 3.8) is 0 Å². The molecule has 26 heavy (non-hydrogen) atoms. The third kappa shape index (κ3) is 2.94. The molecule has 8 nitrogen and oxygen atoms in total. The first-order valence-electron chi connectivity index (χ1n) is 8.97. The van der Waals surface area contributed by atoms with Crippen molar-refractivity contribution in [2.24, 2.45) is 5.41 Å². The molecule has 1 unspecified atom stereocenters. The number of ether oxygens (including phenoxy) is 1. The highest BCUT2D eigenvalue weighted by atomic mass is 16.5. The van der Waals surface area contributed by atoms with Crippen molar-refractivity contribution in [3.8, 4) is 0 Å². The Morgan fingerprint density at radius 3 is 2.58 bits per heavy atom. The van der Waals surface area contributed by atoms with Crippen molar-refractivity contribution in [2.75, 3.05) is 39.9 Å². The Morgan fingerprint density at radius 1 is 1.19 bits per heavy atom. The molecule has 2 fully saturated rings. The monoisotopic (exact) mass is 357 g/mol. The number of nitrogens with zero attached hydrogens (tertiary/aromatic N) is 5. The van der Waals surface area contributed by atoms with E-state index in [4.69, 9.17) is 4.74 Å². The highest BCUT2D eigenvalue weighted by Crippen LogP contribution is 2.40. The topological polar surface area (TPSA) is 80.6 Å². The van der Waals surface area contributed by atoms with Gasteiger partial charge in [-0.15, -0.1) is 0 Å². The molecule has 1 atom stereocenters. The quantitative estimate of drug-likeness (QED) is 0.780. The van der Waals surface area contributed by atoms with Gasteiger partial charge >= 0.3 is 0 Å². The number of hydrogen-bond donors (Lipinski definition) is 0. The zero-order valence-corrected chi connectivity index (χ0v) is 14.9. The number of fused-ring (bicyclic) bond motifs is 1. The molecule has 2 aromatic rings. The van der Waals surface area contributed by atoms with Crippen LogP contribution in [-0.2, 0) is 20.9 Å². The Labute approximate surface area is 151 Å². The zero-order chi connectivity index (χ0) is 18.1. The number of carbonyl (C=O) groups excluding carboxylic acids is 2. The van der Waals surface area contributed by atoms with Crippen LogP contribution < -0.4 is 0 Å². The van der Waals surface area contributed by atoms with E-state index in [1.54, 1.807) is 12.0 Å². The fraction of sp³-hybridized carbons (Fsp3) is 0.556. The molecule has 2 aliphatic heterocycles. The van der Waals surface area contributed by atoms with E-state index in [0.29, 0.717) is 26.2 Å². The molecule has 0 N–H and O–H groups in total. The number of benzene rings is 1. The van der Waals surface area contributed by atoms with E-state index in [1.165, 1.54) is 4.80 Å². The second-order valence-electron chi connectivity index (χ2n) is 7.10. The average Bonchev–Trinajstić information content (AvgIpc) is 3.32. The summed E-state index contributed by atoms with van der Waals surface area (Å²) in [7, 11) is 1.64. The Hall–Kier alpha value is -2.48. The maximum atomic E-state index is 12.8. The first kappa shape index (κ1) is 17.0. The highest BCUT2D eigenvalue weighted by molar-refractivity contribution is 5.87. The van der Waals surface area contributed by atoms with E-state index >= 15 is 0 Å². The Kier molecular flexibility index (Phi) is 4.36. The van der Waals surface area contributed by atoms with Gasteiger partial charge in [-0.3, -0.25) is 9.59 Å². The number of hydrogen-bond acceptors (Lipinski definition) is 5. The summed E-state index contributed by atoms with van der Waals surface area (Å²) in [4.78, 5) is 30.5. The second kappa shape index (κ2) is 6.68. The summed E-state index contributed by atoms with van der Waals surface area (Å²) >= 11 is 0. The lowest BCUT2D eigenvalue weighted by atomic mass is 9.85. The van der Waals surface area contributed by atoms with E-state index in [2.05, 4.69) is 10.2 Å². The molecular formula is C18H23N5O3. The lowest BCUT2D eigenvalue weighted by Gasteiger charge is -2.23. The minimum absolute atomic E-state index is 0.0367. The summed E-state index contributed by atoms with van der Waals surface area (Å²) in [5.74, 6) is 0.123. The molecule has 2 amide bonds. The van der Waals surface area contributed by atoms with Gasteiger partial charge < -0.3 is 14.5 Å². The zero-order valence-electron chi connectivity index (χ0n) is 14.9. The minimum Gasteiger partial charge on any atom is -0.383 e. The number of aromatic nitrogens is 3. The van der Waals surface area contributed by atoms with Crippen molar-refractivity contribution < 1.29 is 14.3 Å². The van der Waals surface area contributed by atoms with Gasteiger partial charge in [0.25, 0.3) is 0 Å². The summed E-state index contributed by atoms with van der Waals surface area (Å²) in [5.41, 5.74) is 1.14. The van der Waals surface area contributed by atoms with Crippen LogP contribution in [0, 0.1) is 5.41 Å². The van der Waals surface area contributed by atoms with Gasteiger partial charge in [0.05, 0.1) is 12.0 Å². The molecule has 0 saturated carbocycles. The van der Waals surface area contributed by atoms with Crippen LogP contribution in [0.15, 0.2) is 24.3 Å². The van der Waals surface area contributed by atoms with Crippen molar-refractivity contribution in [2.45, 2.75) is 19.4 Å². The van der Waals surface area contributed by atoms with Gasteiger partial charge in [-0.25, -0.2) is 0 Å². The van der Waals surface area contributed by atoms with Gasteiger partial charge in [0.1, 0.15) is 17.6 Å². The summed E-state index contributed by atoms with van der Waals surface area (Å²) in [6.45, 7) is 3.12. The molecular weight excluding hydrogens is 334 g/mol. The normalized spacial score (nSPS) is 22.9. The number of methoxy groups -OCH3 is 1. The maximum Gasteiger partial charge on any atom is 0.246 e. The largest absolute Gasteiger partial charge is 0.383 e. The van der Waals surface area contributed by atoms with E-state index in [-0.39, 0.29) is 18.4 Å². The Balaban J connectivity index is 1.40. The molecule has 0 aliphatic carbocycles. The number of amides is 2. The third-order valence-corrected chi connectivity index (χ3v) is 5.48. The minimum atomic E-state index is -0.411. The fourth-order valence-electron chi connectivity index (χ4n) is 3.97. The molecule has 1 aromatic heterocycles. The van der Waals surface area contributed by atoms with Gasteiger partial charge in [0.2, 0.25) is 11.8 Å². The van der Waals surface area contributed by atoms with Gasteiger partial charge in [-0.2, -0.15) is 15.0 Å². The fourth-order valence-corrected chi connectivity index (χ4v) is 3.97. The van der Waals surface area contributed by atoms with E-state index < -0.39 is 5.41 Å². The van der Waals surface area contributed by atoms with Crippen LogP contribution in [0.5, 0.6) is 0 Å². The summed E-state index contributed by atoms with van der Waals surface area (Å²) in [6.07, 6.45) is 1.54. The van der Waals surface area contributed by atoms with Gasteiger partial charge in [0.15, 0.2) is 0 Å². The summed E-state index contributed by atoms with van der Waals surface area (Å²) in [5, 5.41) is 8.69. The molecule has 8 heteroatoms. The Morgan fingerprint density at radius 2 is 1.88 bits per heavy atom. The van der Waals surface area contributed by atoms with Gasteiger partial charge in [-0.05, 0) is 25.0 Å². The van der Waals surface area contributed by atoms with Gasteiger partial charge in [-0.1, -0.05) is 12.1 Å². The van der Waals surface area contributed by atoms with Crippen LogP contribution in [0.3, 0.4) is 0 Å². The van der Waals surface area contributed by atoms with E-state index in [0.717, 1.165) is 30.4 Å². The molecule has 1 aromatic carbocycles. The molecule has 2 saturated heterocycles. The lowest BCUT2D eigenvalue weighted by Crippen LogP contribution is -2.40. The SMILES string of the molecule is COCCN1CCC2(CCN(C(=O)Cn3nc4ccccc4n3)C2)C1=O. The molecule has 0 radical (unpaired) electrons. The lowest BCUT2D eigenvalue weighted by molar-refractivity contribution is -0.137. The predicted octanol–water partition coefficient (Wildman–Crippen LogP) is 0.529. The number of carbonyl (C=O) groups is 2. The molecule has 2 aliphatic rings. The molecule has 138 valence electrons. The molecule has 1 spiro atoms. The summed E-state index contributed by atoms with van der Waals surface area (Å²) < 4.78 is 5.08. The standard InChI is InChI=1S/C18H23N5O3/c1-26-11-10-21-8-6-18(17(21)25)7-9-22(13-18)16(24)12-23-19-14-4-2-3-5-15(14)20-23/h2-5H,6-13H2,1H3. The maximum absolute atomic E-state index is 12.8. The van der Waals surface area contributed by atoms with E-state index in [9.17, 15) is 9.59 Å². The van der Waals surface area contributed by atoms with Crippen LogP contribution in [-0.4, -0.2) is 76.5 Å². The first-order valence-corrected chi connectivity index (χ1v) is 8.97. The van der Waals surface area contributed by atoms with Gasteiger partial charge in [0, 0.05) is 33.3 Å². The second-order valence-corrected chi connectivity index (χ2v) is 7.10. The number of rotatable bonds is 5. The van der Waals surface area contributed by atoms with Crippen LogP contribution in [0.2, 0.25) is 0 Å². The van der Waals surface area contributed by atoms with Crippen molar-refractivity contribution in [3.05, 3.63) is 24.3 Å². The highest BCUT2D eigenvalue weighted by Gasteiger charge is 2.51. The van der Waals surface area contributed by atoms with Crippen molar-refractivity contribution in [1.29, 1.82) is 0 Å². The van der Waals surface area contributed by atoms with Crippen molar-refractivity contribution in [1.82, 2.24) is 24.8 Å². The van der Waals surface area contributed by atoms with Crippen LogP contribution in [0.4, 0.5) is 0 Å². The predicted molar refractivity (Wildman–Crippen MR) is 94.2 cm³/mol. The smallest absolute Gasteiger partial charge is 0.246 e. The van der Waals surface area contributed by atoms with E-state index in [1.807, 2.05) is 29.2 Å². The molecule has 0 bridgehead atoms. The number of likely N-dealkylation sites (tertiary alicyclic amines) is 2. The molecule has 3 heterocycles. The van der Waals surface area contributed by atoms with Crippen LogP contribution in [0.1, 0.15) is 12.8 Å². The van der Waals surface area contributed by atoms with Crippen molar-refractivity contribution >= 4 is 22.8 Å².